The number of hydrogen-bond donors (Lipinski definition) is 1. The molecule has 1 N–H and O–H groups in total. The summed E-state index contributed by atoms with van der Waals surface area (Å²) >= 11 is 0. The summed E-state index contributed by atoms with van der Waals surface area (Å²) in [6, 6.07) is -0.0318. The fourth-order valence-electron chi connectivity index (χ4n) is 2.00. The van der Waals surface area contributed by atoms with Gasteiger partial charge in [0.15, 0.2) is 0 Å². The Morgan fingerprint density at radius 1 is 1.62 bits per heavy atom. The molecule has 1 aliphatic heterocycles. The van der Waals surface area contributed by atoms with E-state index in [9.17, 15) is 9.59 Å². The molecule has 2 unspecified atom stereocenters. The van der Waals surface area contributed by atoms with Crippen molar-refractivity contribution in [1.29, 1.82) is 0 Å². The molecule has 0 aromatic rings. The van der Waals surface area contributed by atoms with E-state index < -0.39 is 6.04 Å². The lowest BCUT2D eigenvalue weighted by molar-refractivity contribution is -0.147. The molecule has 1 rings (SSSR count). The largest absolute Gasteiger partial charge is 0.469 e. The summed E-state index contributed by atoms with van der Waals surface area (Å²) in [7, 11) is 1.34. The van der Waals surface area contributed by atoms with E-state index in [0.717, 1.165) is 6.54 Å². The maximum Gasteiger partial charge on any atom is 0.307 e. The van der Waals surface area contributed by atoms with E-state index in [1.807, 2.05) is 25.7 Å². The zero-order valence-corrected chi connectivity index (χ0v) is 10.3. The molecule has 5 heteroatoms. The van der Waals surface area contributed by atoms with Crippen LogP contribution < -0.4 is 5.32 Å². The van der Waals surface area contributed by atoms with Crippen molar-refractivity contribution in [3.63, 3.8) is 0 Å². The van der Waals surface area contributed by atoms with Crippen LogP contribution in [0.3, 0.4) is 0 Å². The first-order valence-corrected chi connectivity index (χ1v) is 5.58. The van der Waals surface area contributed by atoms with E-state index in [1.165, 1.54) is 7.11 Å². The van der Waals surface area contributed by atoms with Crippen LogP contribution in [0.25, 0.3) is 0 Å². The Morgan fingerprint density at radius 3 is 2.75 bits per heavy atom. The number of rotatable bonds is 3. The van der Waals surface area contributed by atoms with E-state index >= 15 is 0 Å². The van der Waals surface area contributed by atoms with E-state index in [0.29, 0.717) is 0 Å². The first kappa shape index (κ1) is 13.0. The Morgan fingerprint density at radius 2 is 2.25 bits per heavy atom. The van der Waals surface area contributed by atoms with Crippen molar-refractivity contribution in [2.75, 3.05) is 13.7 Å². The van der Waals surface area contributed by atoms with Crippen LogP contribution in [0.15, 0.2) is 0 Å². The molecule has 1 amide bonds. The summed E-state index contributed by atoms with van der Waals surface area (Å²) < 4.78 is 4.61. The van der Waals surface area contributed by atoms with Gasteiger partial charge in [-0.05, 0) is 20.8 Å². The topological polar surface area (TPSA) is 58.6 Å². The number of esters is 1. The minimum absolute atomic E-state index is 0.0853. The molecular formula is C11H20N2O3. The maximum atomic E-state index is 11.8. The lowest BCUT2D eigenvalue weighted by atomic mass is 10.0. The van der Waals surface area contributed by atoms with Crippen LogP contribution in [-0.4, -0.2) is 48.6 Å². The summed E-state index contributed by atoms with van der Waals surface area (Å²) in [6.45, 7) is 6.78. The van der Waals surface area contributed by atoms with Crippen LogP contribution in [0.4, 0.5) is 0 Å². The first-order chi connectivity index (χ1) is 7.45. The second kappa shape index (κ2) is 5.30. The Bertz CT molecular complexity index is 278. The third-order valence-electron chi connectivity index (χ3n) is 2.83. The van der Waals surface area contributed by atoms with Gasteiger partial charge in [-0.1, -0.05) is 0 Å². The average Bonchev–Trinajstić information content (AvgIpc) is 2.20. The standard InChI is InChI=1S/C11H20N2O3/c1-7(2)13-6-8(3)12-11(15)9(13)5-10(14)16-4/h7-9H,5-6H2,1-4H3,(H,12,15). The summed E-state index contributed by atoms with van der Waals surface area (Å²) in [5.41, 5.74) is 0. The van der Waals surface area contributed by atoms with Gasteiger partial charge in [0.1, 0.15) is 0 Å². The number of hydrogen-bond acceptors (Lipinski definition) is 4. The van der Waals surface area contributed by atoms with Crippen LogP contribution in [-0.2, 0) is 14.3 Å². The Balaban J connectivity index is 2.75. The highest BCUT2D eigenvalue weighted by atomic mass is 16.5. The van der Waals surface area contributed by atoms with Crippen molar-refractivity contribution < 1.29 is 14.3 Å². The number of nitrogens with zero attached hydrogens (tertiary/aromatic N) is 1. The van der Waals surface area contributed by atoms with Gasteiger partial charge in [-0.15, -0.1) is 0 Å². The molecule has 1 heterocycles. The number of nitrogens with one attached hydrogen (secondary N) is 1. The van der Waals surface area contributed by atoms with Crippen molar-refractivity contribution >= 4 is 11.9 Å². The smallest absolute Gasteiger partial charge is 0.307 e. The predicted molar refractivity (Wildman–Crippen MR) is 59.9 cm³/mol. The second-order valence-electron chi connectivity index (χ2n) is 4.50. The minimum atomic E-state index is -0.399. The fraction of sp³-hybridized carbons (Fsp3) is 0.818. The van der Waals surface area contributed by atoms with Crippen LogP contribution in [0.5, 0.6) is 0 Å². The van der Waals surface area contributed by atoms with Gasteiger partial charge in [-0.25, -0.2) is 0 Å². The number of piperazine rings is 1. The Kier molecular flexibility index (Phi) is 4.29. The van der Waals surface area contributed by atoms with E-state index in [-0.39, 0.29) is 30.4 Å². The van der Waals surface area contributed by atoms with Gasteiger partial charge in [0.25, 0.3) is 0 Å². The van der Waals surface area contributed by atoms with E-state index in [4.69, 9.17) is 0 Å². The maximum absolute atomic E-state index is 11.8. The molecule has 0 aromatic carbocycles. The van der Waals surface area contributed by atoms with Crippen molar-refractivity contribution in [2.24, 2.45) is 0 Å². The van der Waals surface area contributed by atoms with Crippen molar-refractivity contribution in [1.82, 2.24) is 10.2 Å². The normalized spacial score (nSPS) is 26.7. The molecule has 1 aliphatic rings. The van der Waals surface area contributed by atoms with Gasteiger partial charge in [0.05, 0.1) is 19.6 Å². The highest BCUT2D eigenvalue weighted by Gasteiger charge is 2.35. The zero-order valence-electron chi connectivity index (χ0n) is 10.3. The minimum Gasteiger partial charge on any atom is -0.469 e. The summed E-state index contributed by atoms with van der Waals surface area (Å²) in [4.78, 5) is 25.1. The van der Waals surface area contributed by atoms with Crippen molar-refractivity contribution in [3.05, 3.63) is 0 Å². The number of carbonyl (C=O) groups excluding carboxylic acids is 2. The molecule has 0 bridgehead atoms. The fourth-order valence-corrected chi connectivity index (χ4v) is 2.00. The lowest BCUT2D eigenvalue weighted by Crippen LogP contribution is -2.61. The highest BCUT2D eigenvalue weighted by Crippen LogP contribution is 2.15. The predicted octanol–water partition coefficient (Wildman–Crippen LogP) is 0.147. The van der Waals surface area contributed by atoms with Gasteiger partial charge in [0, 0.05) is 18.6 Å². The van der Waals surface area contributed by atoms with Gasteiger partial charge in [-0.2, -0.15) is 0 Å². The van der Waals surface area contributed by atoms with Gasteiger partial charge in [0.2, 0.25) is 5.91 Å². The third kappa shape index (κ3) is 2.95. The molecule has 16 heavy (non-hydrogen) atoms. The SMILES string of the molecule is COC(=O)CC1C(=O)NC(C)CN1C(C)C. The second-order valence-corrected chi connectivity index (χ2v) is 4.50. The number of methoxy groups -OCH3 is 1. The van der Waals surface area contributed by atoms with Gasteiger partial charge >= 0.3 is 5.97 Å². The molecule has 5 nitrogen and oxygen atoms in total. The summed E-state index contributed by atoms with van der Waals surface area (Å²) in [6.07, 6.45) is 0.118. The van der Waals surface area contributed by atoms with E-state index in [1.54, 1.807) is 0 Å². The molecule has 0 saturated carbocycles. The van der Waals surface area contributed by atoms with Gasteiger partial charge < -0.3 is 10.1 Å². The molecule has 0 aromatic heterocycles. The van der Waals surface area contributed by atoms with Crippen LogP contribution in [0.2, 0.25) is 0 Å². The Hall–Kier alpha value is -1.10. The molecule has 0 aliphatic carbocycles. The lowest BCUT2D eigenvalue weighted by Gasteiger charge is -2.40. The third-order valence-corrected chi connectivity index (χ3v) is 2.83. The van der Waals surface area contributed by atoms with Gasteiger partial charge in [-0.3, -0.25) is 14.5 Å². The number of carbonyl (C=O) groups is 2. The number of ether oxygens (including phenoxy) is 1. The molecular weight excluding hydrogens is 208 g/mol. The monoisotopic (exact) mass is 228 g/mol. The number of amides is 1. The van der Waals surface area contributed by atoms with Crippen molar-refractivity contribution in [3.8, 4) is 0 Å². The zero-order chi connectivity index (χ0) is 12.3. The molecule has 2 atom stereocenters. The Labute approximate surface area is 96.1 Å². The first-order valence-electron chi connectivity index (χ1n) is 5.58. The molecule has 0 radical (unpaired) electrons. The van der Waals surface area contributed by atoms with E-state index in [2.05, 4.69) is 10.1 Å². The van der Waals surface area contributed by atoms with Crippen LogP contribution in [0, 0.1) is 0 Å². The highest BCUT2D eigenvalue weighted by molar-refractivity contribution is 5.87. The summed E-state index contributed by atoms with van der Waals surface area (Å²) in [5.74, 6) is -0.432. The van der Waals surface area contributed by atoms with Crippen molar-refractivity contribution in [2.45, 2.75) is 45.3 Å². The molecule has 0 spiro atoms. The molecule has 1 saturated heterocycles. The molecule has 92 valence electrons. The quantitative estimate of drug-likeness (QED) is 0.698. The van der Waals surface area contributed by atoms with Crippen LogP contribution in [0.1, 0.15) is 27.2 Å². The summed E-state index contributed by atoms with van der Waals surface area (Å²) in [5, 5.41) is 2.86. The van der Waals surface area contributed by atoms with Crippen LogP contribution >= 0.6 is 0 Å². The molecule has 1 fully saturated rings. The average molecular weight is 228 g/mol.